The molecule has 0 unspecified atom stereocenters. The topological polar surface area (TPSA) is 55.6 Å². The number of ether oxygens (including phenoxy) is 1. The van der Waals surface area contributed by atoms with Crippen LogP contribution >= 0.6 is 22.9 Å². The molecule has 1 aromatic carbocycles. The molecule has 26 heavy (non-hydrogen) atoms. The summed E-state index contributed by atoms with van der Waals surface area (Å²) in [6.07, 6.45) is 1.64. The highest BCUT2D eigenvalue weighted by molar-refractivity contribution is 7.12. The Kier molecular flexibility index (Phi) is 5.44. The van der Waals surface area contributed by atoms with Gasteiger partial charge in [0.15, 0.2) is 0 Å². The standard InChI is InChI=1S/C19H18ClN3O2S/c1-12-9-14(11-21-22-19(24)18-5-4-8-26-18)13(2)23(12)16-10-15(20)6-7-17(16)25-3/h4-11H,1-3H3,(H,22,24)/b21-11-. The molecule has 0 aliphatic rings. The zero-order valence-corrected chi connectivity index (χ0v) is 16.2. The molecule has 0 saturated carbocycles. The number of hydrazone groups is 1. The normalized spacial score (nSPS) is 11.1. The van der Waals surface area contributed by atoms with Crippen molar-refractivity contribution in [2.75, 3.05) is 7.11 Å². The summed E-state index contributed by atoms with van der Waals surface area (Å²) in [6.45, 7) is 3.98. The first-order valence-corrected chi connectivity index (χ1v) is 9.16. The highest BCUT2D eigenvalue weighted by atomic mass is 35.5. The van der Waals surface area contributed by atoms with E-state index in [9.17, 15) is 4.79 Å². The van der Waals surface area contributed by atoms with Crippen LogP contribution < -0.4 is 10.2 Å². The molecule has 3 rings (SSSR count). The van der Waals surface area contributed by atoms with Crippen LogP contribution in [-0.4, -0.2) is 23.8 Å². The second kappa shape index (κ2) is 7.76. The van der Waals surface area contributed by atoms with E-state index in [1.54, 1.807) is 25.5 Å². The largest absolute Gasteiger partial charge is 0.495 e. The van der Waals surface area contributed by atoms with Crippen molar-refractivity contribution in [2.24, 2.45) is 5.10 Å². The summed E-state index contributed by atoms with van der Waals surface area (Å²) in [7, 11) is 1.63. The quantitative estimate of drug-likeness (QED) is 0.514. The minimum absolute atomic E-state index is 0.221. The van der Waals surface area contributed by atoms with Gasteiger partial charge in [-0.25, -0.2) is 5.43 Å². The van der Waals surface area contributed by atoms with Crippen LogP contribution in [0.1, 0.15) is 26.6 Å². The molecule has 5 nitrogen and oxygen atoms in total. The van der Waals surface area contributed by atoms with Crippen LogP contribution in [0.2, 0.25) is 5.02 Å². The Hall–Kier alpha value is -2.57. The van der Waals surface area contributed by atoms with Crippen LogP contribution in [0.5, 0.6) is 5.75 Å². The number of carbonyl (C=O) groups excluding carboxylic acids is 1. The maximum absolute atomic E-state index is 11.9. The van der Waals surface area contributed by atoms with E-state index in [0.29, 0.717) is 9.90 Å². The Balaban J connectivity index is 1.88. The van der Waals surface area contributed by atoms with Gasteiger partial charge < -0.3 is 9.30 Å². The number of hydrogen-bond acceptors (Lipinski definition) is 4. The van der Waals surface area contributed by atoms with E-state index in [4.69, 9.17) is 16.3 Å². The number of rotatable bonds is 5. The molecule has 2 aromatic heterocycles. The van der Waals surface area contributed by atoms with Gasteiger partial charge in [0.1, 0.15) is 5.75 Å². The van der Waals surface area contributed by atoms with Crippen LogP contribution in [0.15, 0.2) is 46.9 Å². The first-order valence-electron chi connectivity index (χ1n) is 7.91. The fourth-order valence-electron chi connectivity index (χ4n) is 2.75. The van der Waals surface area contributed by atoms with Crippen molar-refractivity contribution in [3.8, 4) is 11.4 Å². The summed E-state index contributed by atoms with van der Waals surface area (Å²) >= 11 is 7.53. The van der Waals surface area contributed by atoms with Gasteiger partial charge in [-0.1, -0.05) is 17.7 Å². The lowest BCUT2D eigenvalue weighted by Gasteiger charge is -2.14. The van der Waals surface area contributed by atoms with Gasteiger partial charge in [-0.15, -0.1) is 11.3 Å². The molecule has 7 heteroatoms. The van der Waals surface area contributed by atoms with Gasteiger partial charge in [0.2, 0.25) is 0 Å². The highest BCUT2D eigenvalue weighted by Gasteiger charge is 2.14. The van der Waals surface area contributed by atoms with Gasteiger partial charge in [-0.3, -0.25) is 4.79 Å². The van der Waals surface area contributed by atoms with Crippen molar-refractivity contribution in [1.82, 2.24) is 9.99 Å². The molecule has 1 N–H and O–H groups in total. The molecule has 0 saturated heterocycles. The summed E-state index contributed by atoms with van der Waals surface area (Å²) in [5.74, 6) is 0.507. The lowest BCUT2D eigenvalue weighted by atomic mass is 10.2. The van der Waals surface area contributed by atoms with Crippen LogP contribution in [-0.2, 0) is 0 Å². The minimum Gasteiger partial charge on any atom is -0.495 e. The molecule has 134 valence electrons. The number of hydrogen-bond donors (Lipinski definition) is 1. The third-order valence-electron chi connectivity index (χ3n) is 3.97. The van der Waals surface area contributed by atoms with Gasteiger partial charge in [-0.2, -0.15) is 5.10 Å². The van der Waals surface area contributed by atoms with E-state index < -0.39 is 0 Å². The Bertz CT molecular complexity index is 962. The lowest BCUT2D eigenvalue weighted by molar-refractivity contribution is 0.0959. The molecule has 0 bridgehead atoms. The zero-order chi connectivity index (χ0) is 18.7. The molecule has 0 spiro atoms. The summed E-state index contributed by atoms with van der Waals surface area (Å²) in [5, 5.41) is 6.56. The van der Waals surface area contributed by atoms with Crippen molar-refractivity contribution < 1.29 is 9.53 Å². The number of nitrogens with one attached hydrogen (secondary N) is 1. The average molecular weight is 388 g/mol. The minimum atomic E-state index is -0.221. The second-order valence-electron chi connectivity index (χ2n) is 5.65. The van der Waals surface area contributed by atoms with Crippen molar-refractivity contribution in [2.45, 2.75) is 13.8 Å². The van der Waals surface area contributed by atoms with Gasteiger partial charge in [0.25, 0.3) is 5.91 Å². The Labute approximate surface area is 160 Å². The first kappa shape index (κ1) is 18.2. The number of halogens is 1. The van der Waals surface area contributed by atoms with Crippen molar-refractivity contribution in [3.05, 3.63) is 68.6 Å². The summed E-state index contributed by atoms with van der Waals surface area (Å²) in [5.41, 5.74) is 6.28. The van der Waals surface area contributed by atoms with E-state index in [-0.39, 0.29) is 5.91 Å². The molecule has 2 heterocycles. The first-order chi connectivity index (χ1) is 12.5. The predicted molar refractivity (Wildman–Crippen MR) is 106 cm³/mol. The number of aromatic nitrogens is 1. The zero-order valence-electron chi connectivity index (χ0n) is 14.6. The molecular weight excluding hydrogens is 370 g/mol. The van der Waals surface area contributed by atoms with Gasteiger partial charge in [-0.05, 0) is 49.6 Å². The molecule has 0 atom stereocenters. The van der Waals surface area contributed by atoms with Crippen LogP contribution in [0.3, 0.4) is 0 Å². The van der Waals surface area contributed by atoms with Crippen molar-refractivity contribution in [1.29, 1.82) is 0 Å². The van der Waals surface area contributed by atoms with E-state index in [1.165, 1.54) is 11.3 Å². The molecule has 1 amide bonds. The molecule has 0 aliphatic heterocycles. The highest BCUT2D eigenvalue weighted by Crippen LogP contribution is 2.30. The molecule has 0 fully saturated rings. The molecule has 0 aliphatic carbocycles. The van der Waals surface area contributed by atoms with Crippen LogP contribution in [0.4, 0.5) is 0 Å². The van der Waals surface area contributed by atoms with Gasteiger partial charge in [0, 0.05) is 22.0 Å². The van der Waals surface area contributed by atoms with E-state index in [0.717, 1.165) is 28.4 Å². The summed E-state index contributed by atoms with van der Waals surface area (Å²) in [6, 6.07) is 11.1. The number of carbonyl (C=O) groups is 1. The van der Waals surface area contributed by atoms with Crippen LogP contribution in [0.25, 0.3) is 5.69 Å². The van der Waals surface area contributed by atoms with Gasteiger partial charge >= 0.3 is 0 Å². The summed E-state index contributed by atoms with van der Waals surface area (Å²) in [4.78, 5) is 12.6. The molecule has 3 aromatic rings. The number of nitrogens with zero attached hydrogens (tertiary/aromatic N) is 2. The fourth-order valence-corrected chi connectivity index (χ4v) is 3.53. The maximum atomic E-state index is 11.9. The molecule has 0 radical (unpaired) electrons. The Morgan fingerprint density at radius 1 is 1.31 bits per heavy atom. The van der Waals surface area contributed by atoms with Gasteiger partial charge in [0.05, 0.1) is 23.9 Å². The predicted octanol–water partition coefficient (Wildman–Crippen LogP) is 4.58. The average Bonchev–Trinajstić information content (AvgIpc) is 3.24. The number of benzene rings is 1. The maximum Gasteiger partial charge on any atom is 0.281 e. The number of amides is 1. The Morgan fingerprint density at radius 2 is 2.12 bits per heavy atom. The van der Waals surface area contributed by atoms with Crippen molar-refractivity contribution >= 4 is 35.1 Å². The smallest absolute Gasteiger partial charge is 0.281 e. The van der Waals surface area contributed by atoms with E-state index in [2.05, 4.69) is 10.5 Å². The Morgan fingerprint density at radius 3 is 2.81 bits per heavy atom. The fraction of sp³-hybridized carbons (Fsp3) is 0.158. The van der Waals surface area contributed by atoms with E-state index >= 15 is 0 Å². The molecular formula is C19H18ClN3O2S. The lowest BCUT2D eigenvalue weighted by Crippen LogP contribution is -2.16. The third kappa shape index (κ3) is 3.66. The number of methoxy groups -OCH3 is 1. The van der Waals surface area contributed by atoms with Crippen LogP contribution in [0, 0.1) is 13.8 Å². The van der Waals surface area contributed by atoms with Crippen molar-refractivity contribution in [3.63, 3.8) is 0 Å². The third-order valence-corrected chi connectivity index (χ3v) is 5.07. The van der Waals surface area contributed by atoms with E-state index in [1.807, 2.05) is 48.1 Å². The monoisotopic (exact) mass is 387 g/mol. The number of aryl methyl sites for hydroxylation is 1. The number of thiophene rings is 1. The summed E-state index contributed by atoms with van der Waals surface area (Å²) < 4.78 is 7.51. The SMILES string of the molecule is COc1ccc(Cl)cc1-n1c(C)cc(/C=N\NC(=O)c2cccs2)c1C. The second-order valence-corrected chi connectivity index (χ2v) is 7.04.